The molecule has 0 saturated carbocycles. The van der Waals surface area contributed by atoms with E-state index in [1.165, 1.54) is 7.05 Å². The Morgan fingerprint density at radius 3 is 1.90 bits per heavy atom. The lowest BCUT2D eigenvalue weighted by Crippen LogP contribution is -2.24. The molecule has 8 heteroatoms. The van der Waals surface area contributed by atoms with Gasteiger partial charge in [-0.3, -0.25) is 0 Å². The summed E-state index contributed by atoms with van der Waals surface area (Å²) in [4.78, 5) is 17.1. The van der Waals surface area contributed by atoms with Gasteiger partial charge in [0.25, 0.3) is 0 Å². The minimum absolute atomic E-state index is 1.18. The number of hydrazone groups is 1. The first-order valence-electron chi connectivity index (χ1n) is 2.12. The molecule has 0 aromatic rings. The van der Waals surface area contributed by atoms with E-state index in [0.29, 0.717) is 0 Å². The van der Waals surface area contributed by atoms with Crippen LogP contribution >= 0.6 is 0 Å². The lowest BCUT2D eigenvalue weighted by Gasteiger charge is -1.85. The first kappa shape index (κ1) is 8.27. The average molecular weight is 148 g/mol. The predicted octanol–water partition coefficient (Wildman–Crippen LogP) is -0.970. The van der Waals surface area contributed by atoms with E-state index in [4.69, 9.17) is 0 Å². The molecule has 0 aliphatic rings. The summed E-state index contributed by atoms with van der Waals surface area (Å²) in [6.07, 6.45) is 0. The summed E-state index contributed by atoms with van der Waals surface area (Å²) in [7, 11) is 1.23. The SMILES string of the molecule is CNN=C([N+](=O)[O-])[N+](=O)[O-]. The molecule has 0 rings (SSSR count). The maximum atomic E-state index is 9.72. The number of nitro groups is 2. The highest BCUT2D eigenvalue weighted by Gasteiger charge is 2.27. The molecule has 0 heterocycles. The molecule has 0 aliphatic heterocycles. The number of nitrogens with zero attached hydrogens (tertiary/aromatic N) is 3. The fraction of sp³-hybridized carbons (Fsp3) is 0.500. The molecular weight excluding hydrogens is 144 g/mol. The molecule has 0 aromatic carbocycles. The predicted molar refractivity (Wildman–Crippen MR) is 30.5 cm³/mol. The van der Waals surface area contributed by atoms with Gasteiger partial charge in [-0.2, -0.15) is 5.43 Å². The first-order chi connectivity index (χ1) is 4.59. The van der Waals surface area contributed by atoms with Gasteiger partial charge < -0.3 is 20.2 Å². The van der Waals surface area contributed by atoms with Gasteiger partial charge in [0.15, 0.2) is 5.10 Å². The average Bonchev–Trinajstić information content (AvgIpc) is 1.81. The van der Waals surface area contributed by atoms with E-state index in [1.807, 2.05) is 5.43 Å². The lowest BCUT2D eigenvalue weighted by molar-refractivity contribution is -0.503. The quantitative estimate of drug-likeness (QED) is 0.222. The second-order valence-corrected chi connectivity index (χ2v) is 1.15. The van der Waals surface area contributed by atoms with E-state index < -0.39 is 15.8 Å². The van der Waals surface area contributed by atoms with Crippen molar-refractivity contribution in [1.82, 2.24) is 5.43 Å². The molecule has 0 aromatic heterocycles. The zero-order chi connectivity index (χ0) is 8.15. The largest absolute Gasteiger partial charge is 0.698 e. The molecule has 8 nitrogen and oxygen atoms in total. The van der Waals surface area contributed by atoms with Gasteiger partial charge >= 0.3 is 5.96 Å². The number of hydrogen-bond donors (Lipinski definition) is 1. The monoisotopic (exact) mass is 148 g/mol. The molecule has 56 valence electrons. The van der Waals surface area contributed by atoms with Crippen molar-refractivity contribution in [2.24, 2.45) is 5.10 Å². The van der Waals surface area contributed by atoms with Crippen molar-refractivity contribution in [3.8, 4) is 0 Å². The maximum Gasteiger partial charge on any atom is 0.698 e. The second kappa shape index (κ2) is 3.33. The van der Waals surface area contributed by atoms with Gasteiger partial charge in [-0.25, -0.2) is 0 Å². The standard InChI is InChI=1S/C2H4N4O4/c1-3-4-2(5(7)8)6(9)10/h3H,1H3. The van der Waals surface area contributed by atoms with Crippen molar-refractivity contribution in [3.05, 3.63) is 20.2 Å². The third kappa shape index (κ3) is 2.03. The lowest BCUT2D eigenvalue weighted by atomic mass is 11.1. The minimum atomic E-state index is -1.32. The Kier molecular flexibility index (Phi) is 2.75. The Hall–Kier alpha value is -1.73. The van der Waals surface area contributed by atoms with Gasteiger partial charge in [0, 0.05) is 0 Å². The van der Waals surface area contributed by atoms with Gasteiger partial charge in [-0.15, -0.1) is 0 Å². The fourth-order valence-corrected chi connectivity index (χ4v) is 0.248. The Balaban J connectivity index is 4.42. The Labute approximate surface area is 54.8 Å². The van der Waals surface area contributed by atoms with Gasteiger partial charge in [-0.1, -0.05) is 0 Å². The summed E-state index contributed by atoms with van der Waals surface area (Å²) >= 11 is 0. The first-order valence-corrected chi connectivity index (χ1v) is 2.12. The molecule has 10 heavy (non-hydrogen) atoms. The Morgan fingerprint density at radius 2 is 1.80 bits per heavy atom. The number of hydrogen-bond acceptors (Lipinski definition) is 6. The van der Waals surface area contributed by atoms with Gasteiger partial charge in [0.2, 0.25) is 0 Å². The summed E-state index contributed by atoms with van der Waals surface area (Å²) < 4.78 is 0. The summed E-state index contributed by atoms with van der Waals surface area (Å²) in [6, 6.07) is 0. The third-order valence-corrected chi connectivity index (χ3v) is 0.538. The van der Waals surface area contributed by atoms with E-state index in [9.17, 15) is 20.2 Å². The molecule has 0 aliphatic carbocycles. The molecule has 0 amide bonds. The molecule has 0 fully saturated rings. The summed E-state index contributed by atoms with van der Waals surface area (Å²) in [5, 5.41) is 22.2. The topological polar surface area (TPSA) is 111 Å². The highest BCUT2D eigenvalue weighted by atomic mass is 16.7. The highest BCUT2D eigenvalue weighted by Crippen LogP contribution is 1.78. The van der Waals surface area contributed by atoms with Crippen LogP contribution < -0.4 is 5.43 Å². The van der Waals surface area contributed by atoms with Gasteiger partial charge in [-0.05, 0) is 0 Å². The number of nitrogens with one attached hydrogen (secondary N) is 1. The highest BCUT2D eigenvalue weighted by molar-refractivity contribution is 5.61. The zero-order valence-electron chi connectivity index (χ0n) is 4.97. The van der Waals surface area contributed by atoms with E-state index in [2.05, 4.69) is 5.10 Å². The van der Waals surface area contributed by atoms with Crippen LogP contribution in [0, 0.1) is 20.2 Å². The summed E-state index contributed by atoms with van der Waals surface area (Å²) in [5.41, 5.74) is 1.94. The van der Waals surface area contributed by atoms with Crippen LogP contribution in [0.15, 0.2) is 5.10 Å². The van der Waals surface area contributed by atoms with Crippen molar-refractivity contribution in [2.45, 2.75) is 0 Å². The third-order valence-electron chi connectivity index (χ3n) is 0.538. The molecule has 0 unspecified atom stereocenters. The van der Waals surface area contributed by atoms with Crippen molar-refractivity contribution >= 4 is 5.96 Å². The van der Waals surface area contributed by atoms with E-state index in [1.54, 1.807) is 0 Å². The normalized spacial score (nSPS) is 8.10. The van der Waals surface area contributed by atoms with Gasteiger partial charge in [0.1, 0.15) is 0 Å². The van der Waals surface area contributed by atoms with Crippen molar-refractivity contribution in [1.29, 1.82) is 0 Å². The Bertz CT molecular complexity index is 170. The summed E-state index contributed by atoms with van der Waals surface area (Å²) in [5.74, 6) is -1.32. The van der Waals surface area contributed by atoms with E-state index >= 15 is 0 Å². The minimum Gasteiger partial charge on any atom is -0.320 e. The fourth-order valence-electron chi connectivity index (χ4n) is 0.248. The van der Waals surface area contributed by atoms with Crippen LogP contribution in [0.5, 0.6) is 0 Å². The summed E-state index contributed by atoms with van der Waals surface area (Å²) in [6.45, 7) is 0. The van der Waals surface area contributed by atoms with Crippen LogP contribution in [0.2, 0.25) is 0 Å². The second-order valence-electron chi connectivity index (χ2n) is 1.15. The van der Waals surface area contributed by atoms with Crippen LogP contribution in [-0.2, 0) is 0 Å². The molecular formula is C2H4N4O4. The van der Waals surface area contributed by atoms with Crippen molar-refractivity contribution in [3.63, 3.8) is 0 Å². The van der Waals surface area contributed by atoms with Crippen LogP contribution in [0.3, 0.4) is 0 Å². The van der Waals surface area contributed by atoms with Crippen LogP contribution in [0.4, 0.5) is 0 Å². The van der Waals surface area contributed by atoms with Crippen LogP contribution in [0.1, 0.15) is 0 Å². The van der Waals surface area contributed by atoms with Crippen molar-refractivity contribution in [2.75, 3.05) is 7.05 Å². The van der Waals surface area contributed by atoms with Crippen molar-refractivity contribution < 1.29 is 9.85 Å². The Morgan fingerprint density at radius 1 is 1.40 bits per heavy atom. The molecule has 0 saturated heterocycles. The van der Waals surface area contributed by atoms with Crippen LogP contribution in [-0.4, -0.2) is 22.9 Å². The molecule has 0 radical (unpaired) electrons. The molecule has 1 N–H and O–H groups in total. The van der Waals surface area contributed by atoms with Crippen LogP contribution in [0.25, 0.3) is 0 Å². The molecule has 0 spiro atoms. The van der Waals surface area contributed by atoms with E-state index in [-0.39, 0.29) is 0 Å². The molecule has 0 atom stereocenters. The molecule has 0 bridgehead atoms. The smallest absolute Gasteiger partial charge is 0.320 e. The van der Waals surface area contributed by atoms with Gasteiger partial charge in [0.05, 0.1) is 16.9 Å². The maximum absolute atomic E-state index is 9.72. The number of guanidine groups is 1. The number of rotatable bonds is 1. The van der Waals surface area contributed by atoms with E-state index in [0.717, 1.165) is 0 Å². The zero-order valence-corrected chi connectivity index (χ0v) is 4.97.